The van der Waals surface area contributed by atoms with Gasteiger partial charge in [-0.3, -0.25) is 19.8 Å². The van der Waals surface area contributed by atoms with Gasteiger partial charge in [0.05, 0.1) is 23.4 Å². The molecule has 6 aliphatic rings. The number of carbonyl (C=O) groups excluding carboxylic acids is 2. The Morgan fingerprint density at radius 3 is 1.39 bits per heavy atom. The van der Waals surface area contributed by atoms with E-state index in [4.69, 9.17) is 9.97 Å². The van der Waals surface area contributed by atoms with Gasteiger partial charge in [-0.2, -0.15) is 20.7 Å². The van der Waals surface area contributed by atoms with Crippen LogP contribution >= 0.6 is 0 Å². The second-order valence-electron chi connectivity index (χ2n) is 23.4. The molecular weight excluding hydrogens is 897 g/mol. The van der Waals surface area contributed by atoms with E-state index in [0.29, 0.717) is 11.1 Å². The molecule has 4 fully saturated rings. The van der Waals surface area contributed by atoms with E-state index >= 15 is 0 Å². The summed E-state index contributed by atoms with van der Waals surface area (Å²) in [5.41, 5.74) is 14.6. The third-order valence-corrected chi connectivity index (χ3v) is 17.7. The highest BCUT2D eigenvalue weighted by molar-refractivity contribution is 6.01. The molecule has 368 valence electrons. The van der Waals surface area contributed by atoms with E-state index in [1.54, 1.807) is 0 Å². The number of carbonyl (C=O) groups is 2. The fraction of sp³-hybridized carbons (Fsp3) is 0.448. The summed E-state index contributed by atoms with van der Waals surface area (Å²) in [5, 5.41) is 38.2. The number of benzene rings is 2. The van der Waals surface area contributed by atoms with E-state index < -0.39 is 0 Å². The summed E-state index contributed by atoms with van der Waals surface area (Å²) in [6, 6.07) is 13.9. The quantitative estimate of drug-likeness (QED) is 0.153. The first-order valence-electron chi connectivity index (χ1n) is 25.5. The van der Waals surface area contributed by atoms with Crippen LogP contribution in [0.4, 0.5) is 11.6 Å². The van der Waals surface area contributed by atoms with Gasteiger partial charge in [0.25, 0.3) is 0 Å². The predicted molar refractivity (Wildman–Crippen MR) is 281 cm³/mol. The van der Waals surface area contributed by atoms with Gasteiger partial charge >= 0.3 is 0 Å². The highest BCUT2D eigenvalue weighted by Crippen LogP contribution is 2.53. The Bertz CT molecular complexity index is 3160. The van der Waals surface area contributed by atoms with Crippen molar-refractivity contribution in [3.8, 4) is 34.4 Å². The Hall–Kier alpha value is -7.32. The normalized spacial score (nSPS) is 21.5. The topological polar surface area (TPSA) is 178 Å². The average molecular weight is 961 g/mol. The van der Waals surface area contributed by atoms with Crippen molar-refractivity contribution in [1.82, 2.24) is 40.2 Å². The minimum atomic E-state index is -0.00663. The summed E-state index contributed by atoms with van der Waals surface area (Å²) in [6.45, 7) is 29.7. The molecule has 6 aromatic rings. The minimum Gasteiger partial charge on any atom is -0.352 e. The van der Waals surface area contributed by atoms with Crippen LogP contribution in [0.1, 0.15) is 99.2 Å². The van der Waals surface area contributed by atoms with Gasteiger partial charge in [-0.1, -0.05) is 53.0 Å². The maximum atomic E-state index is 12.1. The zero-order chi connectivity index (χ0) is 50.8. The molecule has 0 bridgehead atoms. The Kier molecular flexibility index (Phi) is 10.9. The van der Waals surface area contributed by atoms with Crippen LogP contribution in [-0.2, 0) is 35.3 Å². The number of hydrogen-bond acceptors (Lipinski definition) is 10. The molecule has 4 aromatic heterocycles. The molecule has 14 heteroatoms. The molecule has 4 saturated heterocycles. The fourth-order valence-electron chi connectivity index (χ4n) is 13.6. The second kappa shape index (κ2) is 16.6. The second-order valence-corrected chi connectivity index (χ2v) is 23.4. The van der Waals surface area contributed by atoms with Crippen molar-refractivity contribution in [2.24, 2.45) is 21.7 Å². The lowest BCUT2D eigenvalue weighted by Gasteiger charge is -2.51. The lowest BCUT2D eigenvalue weighted by Crippen LogP contribution is -2.62. The molecule has 2 N–H and O–H groups in total. The molecule has 2 aliphatic carbocycles. The lowest BCUT2D eigenvalue weighted by molar-refractivity contribution is -0.138. The molecule has 2 aromatic carbocycles. The minimum absolute atomic E-state index is 0.00663. The Balaban J connectivity index is 0.000000156. The molecule has 14 nitrogen and oxygen atoms in total. The number of pyridine rings is 2. The number of anilines is 2. The number of nitrogens with one attached hydrogen (secondary N) is 2. The van der Waals surface area contributed by atoms with E-state index in [1.807, 2.05) is 22.2 Å². The van der Waals surface area contributed by atoms with Crippen molar-refractivity contribution in [2.75, 3.05) is 49.1 Å². The molecule has 72 heavy (non-hydrogen) atoms. The number of aromatic nitrogens is 6. The zero-order valence-corrected chi connectivity index (χ0v) is 43.0. The molecule has 0 radical (unpaired) electrons. The summed E-state index contributed by atoms with van der Waals surface area (Å²) >= 11 is 0. The Morgan fingerprint density at radius 2 is 1.03 bits per heavy atom. The number of amides is 2. The van der Waals surface area contributed by atoms with E-state index in [9.17, 15) is 20.1 Å². The van der Waals surface area contributed by atoms with Crippen LogP contribution in [0.3, 0.4) is 0 Å². The lowest BCUT2D eigenvalue weighted by atomic mass is 9.73. The zero-order valence-electron chi connectivity index (χ0n) is 43.0. The SMILES string of the molecule is C=CC(=O)N1CC2(CCN(c3nc4c(c(-c5c(C)ccc6[nH]ncc56)c3C#N)CC(C)(C)C4)[C@@H]2C)C1.C=CC(=O)N1CC2(CCN(c3nc4c(c(-c5c(C)ccc6[nH]ncc56)c3C#N)CC(C)(C)C4)[C@H]2C)C1. The average Bonchev–Trinajstić information content (AvgIpc) is 4.19. The van der Waals surface area contributed by atoms with Crippen LogP contribution in [0.15, 0.2) is 62.0 Å². The van der Waals surface area contributed by atoms with Crippen LogP contribution in [-0.4, -0.2) is 103 Å². The highest BCUT2D eigenvalue weighted by Gasteiger charge is 2.56. The molecule has 12 rings (SSSR count). The van der Waals surface area contributed by atoms with Crippen LogP contribution < -0.4 is 9.80 Å². The Morgan fingerprint density at radius 1 is 0.639 bits per heavy atom. The van der Waals surface area contributed by atoms with Gasteiger partial charge in [0.1, 0.15) is 34.9 Å². The third kappa shape index (κ3) is 7.15. The van der Waals surface area contributed by atoms with E-state index in [0.717, 1.165) is 156 Å². The molecule has 2 spiro atoms. The van der Waals surface area contributed by atoms with Gasteiger partial charge in [-0.15, -0.1) is 0 Å². The number of nitriles is 2. The third-order valence-electron chi connectivity index (χ3n) is 17.7. The largest absolute Gasteiger partial charge is 0.352 e. The van der Waals surface area contributed by atoms with Crippen molar-refractivity contribution in [2.45, 2.75) is 106 Å². The first-order valence-corrected chi connectivity index (χ1v) is 25.5. The van der Waals surface area contributed by atoms with Gasteiger partial charge in [-0.25, -0.2) is 9.97 Å². The molecule has 0 unspecified atom stereocenters. The number of fused-ring (bicyclic) bond motifs is 4. The fourth-order valence-corrected chi connectivity index (χ4v) is 13.6. The van der Waals surface area contributed by atoms with Crippen molar-refractivity contribution in [3.05, 3.63) is 107 Å². The summed E-state index contributed by atoms with van der Waals surface area (Å²) in [6.07, 6.45) is 12.1. The summed E-state index contributed by atoms with van der Waals surface area (Å²) in [4.78, 5) is 43.1. The van der Waals surface area contributed by atoms with E-state index in [2.05, 4.69) is 135 Å². The van der Waals surface area contributed by atoms with Gasteiger partial charge in [0.15, 0.2) is 0 Å². The van der Waals surface area contributed by atoms with E-state index in [1.165, 1.54) is 23.3 Å². The first-order chi connectivity index (χ1) is 34.4. The maximum absolute atomic E-state index is 12.1. The summed E-state index contributed by atoms with van der Waals surface area (Å²) in [7, 11) is 0. The predicted octanol–water partition coefficient (Wildman–Crippen LogP) is 9.09. The van der Waals surface area contributed by atoms with Crippen molar-refractivity contribution >= 4 is 45.3 Å². The summed E-state index contributed by atoms with van der Waals surface area (Å²) in [5.74, 6) is 1.57. The molecule has 2 atom stereocenters. The number of hydrogen-bond donors (Lipinski definition) is 2. The van der Waals surface area contributed by atoms with Crippen LogP contribution in [0.5, 0.6) is 0 Å². The van der Waals surface area contributed by atoms with Crippen molar-refractivity contribution in [1.29, 1.82) is 10.5 Å². The molecule has 4 aliphatic heterocycles. The molecular formula is C58H64N12O2. The maximum Gasteiger partial charge on any atom is 0.245 e. The molecule has 0 saturated carbocycles. The number of rotatable bonds is 6. The van der Waals surface area contributed by atoms with Gasteiger partial charge < -0.3 is 19.6 Å². The van der Waals surface area contributed by atoms with E-state index in [-0.39, 0.29) is 45.6 Å². The van der Waals surface area contributed by atoms with Gasteiger partial charge in [-0.05, 0) is 135 Å². The monoisotopic (exact) mass is 961 g/mol. The summed E-state index contributed by atoms with van der Waals surface area (Å²) < 4.78 is 0. The van der Waals surface area contributed by atoms with Crippen molar-refractivity contribution in [3.63, 3.8) is 0 Å². The standard InChI is InChI=1S/2C29H32N6O/c2*1-6-24(36)34-15-29(16-34)9-10-35(18(29)3)27-20(13-30)26(19-11-28(4,5)12-23(19)32-27)25-17(2)7-8-22-21(25)14-31-33-22/h2*6-8,14,18H,1,9-12,15-16H2,2-5H3,(H,31,33)/t2*18-/m10/s1. The van der Waals surface area contributed by atoms with Crippen LogP contribution in [0, 0.1) is 58.2 Å². The van der Waals surface area contributed by atoms with Crippen molar-refractivity contribution < 1.29 is 9.59 Å². The van der Waals surface area contributed by atoms with Gasteiger partial charge in [0.2, 0.25) is 11.8 Å². The number of likely N-dealkylation sites (tertiary alicyclic amines) is 2. The number of aromatic amines is 2. The molecule has 2 amide bonds. The Labute approximate surface area is 421 Å². The molecule has 8 heterocycles. The number of aryl methyl sites for hydroxylation is 2. The number of nitrogens with zero attached hydrogens (tertiary/aromatic N) is 10. The first kappa shape index (κ1) is 47.0. The van der Waals surface area contributed by atoms with Crippen LogP contribution in [0.25, 0.3) is 44.1 Å². The highest BCUT2D eigenvalue weighted by atomic mass is 16.2. The number of H-pyrrole nitrogens is 2. The smallest absolute Gasteiger partial charge is 0.245 e. The van der Waals surface area contributed by atoms with Crippen LogP contribution in [0.2, 0.25) is 0 Å². The van der Waals surface area contributed by atoms with Gasteiger partial charge in [0, 0.05) is 95.5 Å².